The van der Waals surface area contributed by atoms with Gasteiger partial charge in [-0.1, -0.05) is 58.8 Å². The summed E-state index contributed by atoms with van der Waals surface area (Å²) in [5, 5.41) is 0. The minimum absolute atomic E-state index is 0.0955. The molecule has 4 unspecified atom stereocenters. The van der Waals surface area contributed by atoms with Gasteiger partial charge in [0.25, 0.3) is 0 Å². The number of rotatable bonds is 19. The quantitative estimate of drug-likeness (QED) is 0.167. The summed E-state index contributed by atoms with van der Waals surface area (Å²) in [5.41, 5.74) is 0. The molecule has 0 aromatic heterocycles. The van der Waals surface area contributed by atoms with E-state index in [0.29, 0.717) is 37.9 Å². The molecule has 2 saturated heterocycles. The van der Waals surface area contributed by atoms with Gasteiger partial charge in [-0.25, -0.2) is 0 Å². The molecule has 0 bridgehead atoms. The molecule has 4 atom stereocenters. The van der Waals surface area contributed by atoms with E-state index >= 15 is 0 Å². The van der Waals surface area contributed by atoms with Crippen LogP contribution in [0.4, 0.5) is 0 Å². The molecule has 0 spiro atoms. The topological polar surface area (TPSA) is 77.7 Å². The fourth-order valence-electron chi connectivity index (χ4n) is 4.10. The molecule has 0 saturated carbocycles. The van der Waals surface area contributed by atoms with Crippen molar-refractivity contribution in [3.63, 3.8) is 0 Å². The third kappa shape index (κ3) is 11.9. The average molecular weight is 427 g/mol. The molecular weight excluding hydrogens is 384 g/mol. The summed E-state index contributed by atoms with van der Waals surface area (Å²) in [6, 6.07) is 0. The Bertz CT molecular complexity index is 486. The van der Waals surface area contributed by atoms with E-state index in [9.17, 15) is 9.59 Å². The molecule has 0 aromatic rings. The standard InChI is InChI=1S/C24H42O6/c1-3-5-10-20(12-8-14-24(26)30-18-22-16-28-22)19(9-4-2)11-6-7-13-23(25)29-17-21-15-27-21/h19-22H,3-18H2,1-2H3. The van der Waals surface area contributed by atoms with Gasteiger partial charge in [0.15, 0.2) is 0 Å². The Labute approximate surface area is 182 Å². The van der Waals surface area contributed by atoms with Gasteiger partial charge in [0.1, 0.15) is 25.4 Å². The van der Waals surface area contributed by atoms with Crippen LogP contribution in [0.2, 0.25) is 0 Å². The molecule has 2 aliphatic heterocycles. The van der Waals surface area contributed by atoms with Gasteiger partial charge in [-0.2, -0.15) is 0 Å². The molecule has 6 heteroatoms. The zero-order valence-electron chi connectivity index (χ0n) is 19.1. The van der Waals surface area contributed by atoms with Crippen molar-refractivity contribution in [2.75, 3.05) is 26.4 Å². The summed E-state index contributed by atoms with van der Waals surface area (Å²) in [5.74, 6) is 1.13. The average Bonchev–Trinajstić information content (AvgIpc) is 3.64. The first-order valence-corrected chi connectivity index (χ1v) is 12.2. The number of hydrogen-bond donors (Lipinski definition) is 0. The van der Waals surface area contributed by atoms with Gasteiger partial charge in [0.2, 0.25) is 0 Å². The summed E-state index contributed by atoms with van der Waals surface area (Å²) >= 11 is 0. The van der Waals surface area contributed by atoms with E-state index in [4.69, 9.17) is 18.9 Å². The van der Waals surface area contributed by atoms with Crippen molar-refractivity contribution < 1.29 is 28.5 Å². The van der Waals surface area contributed by atoms with Crippen LogP contribution in [0.15, 0.2) is 0 Å². The Morgan fingerprint density at radius 2 is 1.23 bits per heavy atom. The van der Waals surface area contributed by atoms with Crippen molar-refractivity contribution in [2.24, 2.45) is 11.8 Å². The van der Waals surface area contributed by atoms with Crippen LogP contribution in [0.25, 0.3) is 0 Å². The summed E-state index contributed by atoms with van der Waals surface area (Å²) in [7, 11) is 0. The van der Waals surface area contributed by atoms with Gasteiger partial charge >= 0.3 is 11.9 Å². The number of ether oxygens (including phenoxy) is 4. The fraction of sp³-hybridized carbons (Fsp3) is 0.917. The number of epoxide rings is 2. The molecule has 6 nitrogen and oxygen atoms in total. The maximum Gasteiger partial charge on any atom is 0.305 e. The van der Waals surface area contributed by atoms with E-state index in [-0.39, 0.29) is 24.1 Å². The van der Waals surface area contributed by atoms with Crippen LogP contribution in [0.3, 0.4) is 0 Å². The van der Waals surface area contributed by atoms with Gasteiger partial charge in [0.05, 0.1) is 13.2 Å². The van der Waals surface area contributed by atoms with Crippen LogP contribution in [-0.4, -0.2) is 50.6 Å². The van der Waals surface area contributed by atoms with Crippen molar-refractivity contribution >= 4 is 11.9 Å². The zero-order valence-corrected chi connectivity index (χ0v) is 19.1. The van der Waals surface area contributed by atoms with E-state index in [1.807, 2.05) is 0 Å². The highest BCUT2D eigenvalue weighted by atomic mass is 16.6. The van der Waals surface area contributed by atoms with Gasteiger partial charge < -0.3 is 18.9 Å². The number of carbonyl (C=O) groups is 2. The molecule has 2 aliphatic rings. The summed E-state index contributed by atoms with van der Waals surface area (Å²) < 4.78 is 20.6. The van der Waals surface area contributed by atoms with Crippen molar-refractivity contribution in [1.82, 2.24) is 0 Å². The first kappa shape index (κ1) is 25.1. The summed E-state index contributed by atoms with van der Waals surface area (Å²) in [4.78, 5) is 23.7. The monoisotopic (exact) mass is 426 g/mol. The minimum atomic E-state index is -0.102. The van der Waals surface area contributed by atoms with Crippen molar-refractivity contribution in [1.29, 1.82) is 0 Å². The smallest absolute Gasteiger partial charge is 0.305 e. The Morgan fingerprint density at radius 1 is 0.733 bits per heavy atom. The lowest BCUT2D eigenvalue weighted by atomic mass is 9.79. The Hall–Kier alpha value is -1.14. The lowest BCUT2D eigenvalue weighted by Gasteiger charge is -2.27. The van der Waals surface area contributed by atoms with Crippen LogP contribution >= 0.6 is 0 Å². The second-order valence-corrected chi connectivity index (χ2v) is 8.87. The van der Waals surface area contributed by atoms with Crippen molar-refractivity contribution in [2.45, 2.75) is 103 Å². The highest BCUT2D eigenvalue weighted by Crippen LogP contribution is 2.32. The van der Waals surface area contributed by atoms with Gasteiger partial charge in [0, 0.05) is 12.8 Å². The molecule has 0 aliphatic carbocycles. The van der Waals surface area contributed by atoms with E-state index < -0.39 is 0 Å². The zero-order chi connectivity index (χ0) is 21.6. The maximum atomic E-state index is 11.9. The van der Waals surface area contributed by atoms with Crippen LogP contribution < -0.4 is 0 Å². The van der Waals surface area contributed by atoms with E-state index in [0.717, 1.165) is 45.3 Å². The first-order chi connectivity index (χ1) is 14.6. The van der Waals surface area contributed by atoms with Crippen LogP contribution in [0, 0.1) is 11.8 Å². The number of hydrogen-bond acceptors (Lipinski definition) is 6. The molecule has 0 N–H and O–H groups in total. The maximum absolute atomic E-state index is 11.9. The Kier molecular flexibility index (Phi) is 12.4. The second kappa shape index (κ2) is 14.8. The normalized spacial score (nSPS) is 21.7. The van der Waals surface area contributed by atoms with Crippen LogP contribution in [0.5, 0.6) is 0 Å². The summed E-state index contributed by atoms with van der Waals surface area (Å²) in [6.45, 7) is 6.74. The molecule has 0 amide bonds. The number of carbonyl (C=O) groups excluding carboxylic acids is 2. The predicted molar refractivity (Wildman–Crippen MR) is 115 cm³/mol. The SMILES string of the molecule is CCCCC(CCCC(=O)OCC1CO1)C(CCC)CCCCC(=O)OCC1CO1. The molecule has 30 heavy (non-hydrogen) atoms. The number of unbranched alkanes of at least 4 members (excludes halogenated alkanes) is 2. The number of esters is 2. The predicted octanol–water partition coefficient (Wildman–Crippen LogP) is 4.82. The summed E-state index contributed by atoms with van der Waals surface area (Å²) in [6.07, 6.45) is 12.5. The van der Waals surface area contributed by atoms with Crippen molar-refractivity contribution in [3.8, 4) is 0 Å². The molecular formula is C24H42O6. The van der Waals surface area contributed by atoms with Gasteiger partial charge in [-0.3, -0.25) is 9.59 Å². The van der Waals surface area contributed by atoms with E-state index in [1.165, 1.54) is 32.1 Å². The van der Waals surface area contributed by atoms with Gasteiger partial charge in [-0.15, -0.1) is 0 Å². The second-order valence-electron chi connectivity index (χ2n) is 8.87. The lowest BCUT2D eigenvalue weighted by molar-refractivity contribution is -0.145. The molecule has 2 fully saturated rings. The molecule has 2 heterocycles. The first-order valence-electron chi connectivity index (χ1n) is 12.2. The highest BCUT2D eigenvalue weighted by Gasteiger charge is 2.25. The Morgan fingerprint density at radius 3 is 1.77 bits per heavy atom. The lowest BCUT2D eigenvalue weighted by Crippen LogP contribution is -2.17. The molecule has 0 aromatic carbocycles. The molecule has 174 valence electrons. The molecule has 0 radical (unpaired) electrons. The van der Waals surface area contributed by atoms with Crippen LogP contribution in [0.1, 0.15) is 90.9 Å². The minimum Gasteiger partial charge on any atom is -0.463 e. The fourth-order valence-corrected chi connectivity index (χ4v) is 4.10. The van der Waals surface area contributed by atoms with Gasteiger partial charge in [-0.05, 0) is 31.1 Å². The van der Waals surface area contributed by atoms with Crippen molar-refractivity contribution in [3.05, 3.63) is 0 Å². The third-order valence-electron chi connectivity index (χ3n) is 6.08. The van der Waals surface area contributed by atoms with Crippen LogP contribution in [-0.2, 0) is 28.5 Å². The highest BCUT2D eigenvalue weighted by molar-refractivity contribution is 5.69. The van der Waals surface area contributed by atoms with E-state index in [1.54, 1.807) is 0 Å². The Balaban J connectivity index is 1.65. The largest absolute Gasteiger partial charge is 0.463 e. The molecule has 2 rings (SSSR count). The van der Waals surface area contributed by atoms with E-state index in [2.05, 4.69) is 13.8 Å². The third-order valence-corrected chi connectivity index (χ3v) is 6.08.